The number of rotatable bonds is 5. The molecule has 0 fully saturated rings. The minimum absolute atomic E-state index is 0.199. The lowest BCUT2D eigenvalue weighted by atomic mass is 10.0. The van der Waals surface area contributed by atoms with Gasteiger partial charge in [0.15, 0.2) is 0 Å². The lowest BCUT2D eigenvalue weighted by Crippen LogP contribution is -2.26. The molecule has 0 spiro atoms. The Kier molecular flexibility index (Phi) is 4.43. The van der Waals surface area contributed by atoms with Crippen molar-refractivity contribution in [3.63, 3.8) is 0 Å². The summed E-state index contributed by atoms with van der Waals surface area (Å²) in [7, 11) is 1.65. The molecule has 0 aliphatic carbocycles. The van der Waals surface area contributed by atoms with Crippen molar-refractivity contribution >= 4 is 5.69 Å². The van der Waals surface area contributed by atoms with Crippen LogP contribution in [0.25, 0.3) is 0 Å². The van der Waals surface area contributed by atoms with E-state index in [4.69, 9.17) is 9.84 Å². The van der Waals surface area contributed by atoms with Crippen molar-refractivity contribution in [1.82, 2.24) is 0 Å². The first kappa shape index (κ1) is 11.9. The summed E-state index contributed by atoms with van der Waals surface area (Å²) in [5.74, 6) is 1.09. The van der Waals surface area contributed by atoms with E-state index in [-0.39, 0.29) is 18.6 Å². The molecule has 1 aromatic rings. The maximum atomic E-state index is 9.01. The zero-order valence-electron chi connectivity index (χ0n) is 9.53. The zero-order valence-corrected chi connectivity index (χ0v) is 9.53. The van der Waals surface area contributed by atoms with Crippen LogP contribution in [0.15, 0.2) is 24.3 Å². The minimum Gasteiger partial charge on any atom is -0.497 e. The number of nitrogens with one attached hydrogen (secondary N) is 1. The van der Waals surface area contributed by atoms with E-state index in [0.29, 0.717) is 0 Å². The van der Waals surface area contributed by atoms with Gasteiger partial charge in [0.2, 0.25) is 0 Å². The number of hydrogen-bond acceptors (Lipinski definition) is 3. The third-order valence-electron chi connectivity index (χ3n) is 2.63. The molecule has 0 amide bonds. The first-order valence-corrected chi connectivity index (χ1v) is 5.18. The highest BCUT2D eigenvalue weighted by Gasteiger charge is 2.10. The molecule has 1 aromatic carbocycles. The Balaban J connectivity index is 2.57. The van der Waals surface area contributed by atoms with Crippen molar-refractivity contribution in [1.29, 1.82) is 0 Å². The summed E-state index contributed by atoms with van der Waals surface area (Å²) in [5, 5.41) is 12.3. The molecule has 2 N–H and O–H groups in total. The van der Waals surface area contributed by atoms with E-state index in [2.05, 4.69) is 12.2 Å². The van der Waals surface area contributed by atoms with Crippen molar-refractivity contribution in [2.24, 2.45) is 5.92 Å². The minimum atomic E-state index is 0.199. The Morgan fingerprint density at radius 3 is 2.33 bits per heavy atom. The Labute approximate surface area is 91.1 Å². The van der Waals surface area contributed by atoms with Crippen molar-refractivity contribution in [3.8, 4) is 5.75 Å². The molecule has 0 aliphatic rings. The highest BCUT2D eigenvalue weighted by Crippen LogP contribution is 2.17. The van der Waals surface area contributed by atoms with Gasteiger partial charge in [0.1, 0.15) is 5.75 Å². The van der Waals surface area contributed by atoms with Gasteiger partial charge < -0.3 is 15.2 Å². The van der Waals surface area contributed by atoms with Crippen molar-refractivity contribution in [2.45, 2.75) is 19.9 Å². The van der Waals surface area contributed by atoms with E-state index in [9.17, 15) is 0 Å². The van der Waals surface area contributed by atoms with Gasteiger partial charge in [0, 0.05) is 18.3 Å². The van der Waals surface area contributed by atoms with Crippen LogP contribution in [-0.2, 0) is 0 Å². The van der Waals surface area contributed by atoms with Crippen LogP contribution in [0, 0.1) is 5.92 Å². The monoisotopic (exact) mass is 209 g/mol. The fourth-order valence-corrected chi connectivity index (χ4v) is 1.25. The predicted molar refractivity (Wildman–Crippen MR) is 62.3 cm³/mol. The number of aliphatic hydroxyl groups is 1. The summed E-state index contributed by atoms with van der Waals surface area (Å²) in [5.41, 5.74) is 1.05. The highest BCUT2D eigenvalue weighted by molar-refractivity contribution is 5.47. The Hall–Kier alpha value is -1.22. The highest BCUT2D eigenvalue weighted by atomic mass is 16.5. The predicted octanol–water partition coefficient (Wildman–Crippen LogP) is 2.12. The number of aliphatic hydroxyl groups excluding tert-OH is 1. The van der Waals surface area contributed by atoms with Crippen LogP contribution >= 0.6 is 0 Å². The van der Waals surface area contributed by atoms with Gasteiger partial charge in [0.25, 0.3) is 0 Å². The molecule has 0 saturated carbocycles. The van der Waals surface area contributed by atoms with Crippen LogP contribution < -0.4 is 10.1 Å². The number of anilines is 1. The van der Waals surface area contributed by atoms with Crippen molar-refractivity contribution in [3.05, 3.63) is 24.3 Å². The second kappa shape index (κ2) is 5.61. The topological polar surface area (TPSA) is 41.5 Å². The molecule has 0 aliphatic heterocycles. The van der Waals surface area contributed by atoms with Gasteiger partial charge >= 0.3 is 0 Å². The fraction of sp³-hybridized carbons (Fsp3) is 0.500. The van der Waals surface area contributed by atoms with Gasteiger partial charge in [-0.1, -0.05) is 6.92 Å². The quantitative estimate of drug-likeness (QED) is 0.780. The van der Waals surface area contributed by atoms with Crippen LogP contribution in [0.4, 0.5) is 5.69 Å². The van der Waals surface area contributed by atoms with Crippen LogP contribution in [0.3, 0.4) is 0 Å². The summed E-state index contributed by atoms with van der Waals surface area (Å²) in [6.45, 7) is 4.27. The summed E-state index contributed by atoms with van der Waals surface area (Å²) in [4.78, 5) is 0. The molecule has 3 heteroatoms. The smallest absolute Gasteiger partial charge is 0.119 e. The SMILES string of the molecule is COc1ccc(N[C@H](C)[C@H](C)CO)cc1. The second-order valence-electron chi connectivity index (χ2n) is 3.82. The van der Waals surface area contributed by atoms with Crippen LogP contribution in [0.2, 0.25) is 0 Å². The maximum Gasteiger partial charge on any atom is 0.119 e. The van der Waals surface area contributed by atoms with E-state index in [0.717, 1.165) is 11.4 Å². The molecule has 0 saturated heterocycles. The molecule has 0 heterocycles. The van der Waals surface area contributed by atoms with Gasteiger partial charge in [-0.25, -0.2) is 0 Å². The molecule has 0 aromatic heterocycles. The average Bonchev–Trinajstić information content (AvgIpc) is 2.29. The van der Waals surface area contributed by atoms with Crippen molar-refractivity contribution in [2.75, 3.05) is 19.0 Å². The molecule has 84 valence electrons. The third kappa shape index (κ3) is 3.44. The number of hydrogen-bond donors (Lipinski definition) is 2. The summed E-state index contributed by atoms with van der Waals surface area (Å²) in [6, 6.07) is 8.03. The molecule has 0 unspecified atom stereocenters. The lowest BCUT2D eigenvalue weighted by Gasteiger charge is -2.20. The number of methoxy groups -OCH3 is 1. The first-order valence-electron chi connectivity index (χ1n) is 5.18. The molecular formula is C12H19NO2. The lowest BCUT2D eigenvalue weighted by molar-refractivity contribution is 0.226. The second-order valence-corrected chi connectivity index (χ2v) is 3.82. The fourth-order valence-electron chi connectivity index (χ4n) is 1.25. The van der Waals surface area contributed by atoms with E-state index in [1.165, 1.54) is 0 Å². The van der Waals surface area contributed by atoms with Crippen molar-refractivity contribution < 1.29 is 9.84 Å². The molecular weight excluding hydrogens is 190 g/mol. The van der Waals surface area contributed by atoms with Crippen LogP contribution in [0.5, 0.6) is 5.75 Å². The first-order chi connectivity index (χ1) is 7.17. The molecule has 0 radical (unpaired) electrons. The molecule has 15 heavy (non-hydrogen) atoms. The Morgan fingerprint density at radius 2 is 1.87 bits per heavy atom. The van der Waals surface area contributed by atoms with Gasteiger partial charge in [-0.05, 0) is 37.1 Å². The summed E-state index contributed by atoms with van der Waals surface area (Å²) in [6.07, 6.45) is 0. The zero-order chi connectivity index (χ0) is 11.3. The van der Waals surface area contributed by atoms with Gasteiger partial charge in [-0.2, -0.15) is 0 Å². The van der Waals surface area contributed by atoms with E-state index >= 15 is 0 Å². The number of benzene rings is 1. The van der Waals surface area contributed by atoms with E-state index in [1.807, 2.05) is 31.2 Å². The van der Waals surface area contributed by atoms with E-state index in [1.54, 1.807) is 7.11 Å². The average molecular weight is 209 g/mol. The summed E-state index contributed by atoms with van der Waals surface area (Å²) >= 11 is 0. The Bertz CT molecular complexity index is 284. The molecule has 2 atom stereocenters. The molecule has 3 nitrogen and oxygen atoms in total. The van der Waals surface area contributed by atoms with Gasteiger partial charge in [-0.15, -0.1) is 0 Å². The van der Waals surface area contributed by atoms with Gasteiger partial charge in [0.05, 0.1) is 7.11 Å². The molecule has 0 bridgehead atoms. The van der Waals surface area contributed by atoms with Crippen LogP contribution in [-0.4, -0.2) is 24.9 Å². The number of ether oxygens (including phenoxy) is 1. The normalized spacial score (nSPS) is 14.4. The standard InChI is InChI=1S/C12H19NO2/c1-9(8-14)10(2)13-11-4-6-12(15-3)7-5-11/h4-7,9-10,13-14H,8H2,1-3H3/t9-,10-/m1/s1. The maximum absolute atomic E-state index is 9.01. The van der Waals surface area contributed by atoms with Gasteiger partial charge in [-0.3, -0.25) is 0 Å². The molecule has 1 rings (SSSR count). The largest absolute Gasteiger partial charge is 0.497 e. The van der Waals surface area contributed by atoms with Crippen LogP contribution in [0.1, 0.15) is 13.8 Å². The third-order valence-corrected chi connectivity index (χ3v) is 2.63. The Morgan fingerprint density at radius 1 is 1.27 bits per heavy atom. The summed E-state index contributed by atoms with van der Waals surface area (Å²) < 4.78 is 5.07. The van der Waals surface area contributed by atoms with E-state index < -0.39 is 0 Å².